The van der Waals surface area contributed by atoms with Crippen molar-refractivity contribution in [1.29, 1.82) is 0 Å². The van der Waals surface area contributed by atoms with E-state index in [9.17, 15) is 4.79 Å². The molecule has 0 fully saturated rings. The molecule has 0 aliphatic heterocycles. The lowest BCUT2D eigenvalue weighted by Gasteiger charge is -2.15. The molecule has 0 amide bonds. The number of hydrogen-bond acceptors (Lipinski definition) is 3. The lowest BCUT2D eigenvalue weighted by atomic mass is 10.2. The first-order chi connectivity index (χ1) is 6.74. The molecule has 0 bridgehead atoms. The van der Waals surface area contributed by atoms with Crippen LogP contribution in [0.25, 0.3) is 0 Å². The summed E-state index contributed by atoms with van der Waals surface area (Å²) >= 11 is 0. The van der Waals surface area contributed by atoms with Gasteiger partial charge < -0.3 is 10.5 Å². The molecule has 0 radical (unpaired) electrons. The van der Waals surface area contributed by atoms with E-state index in [1.54, 1.807) is 0 Å². The summed E-state index contributed by atoms with van der Waals surface area (Å²) in [6.45, 7) is 1.97. The fourth-order valence-corrected chi connectivity index (χ4v) is 1.16. The summed E-state index contributed by atoms with van der Waals surface area (Å²) in [5.74, 6) is 0.723. The molecule has 1 aromatic rings. The number of hydrogen-bond donors (Lipinski definition) is 1. The zero-order valence-electron chi connectivity index (χ0n) is 8.27. The maximum absolute atomic E-state index is 11.2. The molecule has 0 aliphatic rings. The molecule has 0 spiro atoms. The van der Waals surface area contributed by atoms with E-state index in [-0.39, 0.29) is 5.78 Å². The number of nitrogens with two attached hydrogens (primary N) is 1. The molecule has 3 nitrogen and oxygen atoms in total. The lowest BCUT2D eigenvalue weighted by Crippen LogP contribution is -2.27. The highest BCUT2D eigenvalue weighted by Crippen LogP contribution is 2.12. The molecule has 1 atom stereocenters. The quantitative estimate of drug-likeness (QED) is 0.768. The van der Waals surface area contributed by atoms with Crippen molar-refractivity contribution >= 4 is 5.78 Å². The molecule has 0 heterocycles. The smallest absolute Gasteiger partial charge is 0.170 e. The largest absolute Gasteiger partial charge is 0.483 e. The fourth-order valence-electron chi connectivity index (χ4n) is 1.16. The molecule has 2 N–H and O–H groups in total. The van der Waals surface area contributed by atoms with Gasteiger partial charge in [0.15, 0.2) is 11.9 Å². The average molecular weight is 193 g/mol. The van der Waals surface area contributed by atoms with E-state index in [1.165, 1.54) is 6.92 Å². The van der Waals surface area contributed by atoms with Crippen molar-refractivity contribution in [3.8, 4) is 5.75 Å². The Morgan fingerprint density at radius 2 is 2.07 bits per heavy atom. The first-order valence-electron chi connectivity index (χ1n) is 4.66. The van der Waals surface area contributed by atoms with E-state index in [0.717, 1.165) is 0 Å². The number of ketones is 1. The summed E-state index contributed by atoms with van der Waals surface area (Å²) in [5, 5.41) is 0. The van der Waals surface area contributed by atoms with E-state index in [4.69, 9.17) is 10.5 Å². The zero-order valence-corrected chi connectivity index (χ0v) is 8.27. The lowest BCUT2D eigenvalue weighted by molar-refractivity contribution is -0.123. The molecule has 0 aliphatic carbocycles. The Labute approximate surface area is 83.9 Å². The minimum atomic E-state index is -0.414. The van der Waals surface area contributed by atoms with Gasteiger partial charge in [0, 0.05) is 6.42 Å². The Balaban J connectivity index is 2.60. The monoisotopic (exact) mass is 193 g/mol. The van der Waals surface area contributed by atoms with E-state index < -0.39 is 6.10 Å². The second kappa shape index (κ2) is 5.40. The van der Waals surface area contributed by atoms with Crippen LogP contribution in [0.1, 0.15) is 13.3 Å². The van der Waals surface area contributed by atoms with Gasteiger partial charge in [-0.05, 0) is 25.6 Å². The van der Waals surface area contributed by atoms with Gasteiger partial charge in [-0.1, -0.05) is 18.2 Å². The molecule has 1 rings (SSSR count). The van der Waals surface area contributed by atoms with Gasteiger partial charge >= 0.3 is 0 Å². The van der Waals surface area contributed by atoms with Crippen molar-refractivity contribution < 1.29 is 9.53 Å². The van der Waals surface area contributed by atoms with Crippen LogP contribution >= 0.6 is 0 Å². The second-order valence-corrected chi connectivity index (χ2v) is 3.11. The number of carbonyl (C=O) groups is 1. The average Bonchev–Trinajstić information content (AvgIpc) is 2.18. The normalized spacial score (nSPS) is 12.1. The number of benzene rings is 1. The molecule has 1 unspecified atom stereocenters. The maximum Gasteiger partial charge on any atom is 0.170 e. The number of carbonyl (C=O) groups excluding carboxylic acids is 1. The van der Waals surface area contributed by atoms with Gasteiger partial charge in [-0.15, -0.1) is 0 Å². The molecule has 1 aromatic carbocycles. The minimum absolute atomic E-state index is 0.0132. The Morgan fingerprint density at radius 1 is 1.43 bits per heavy atom. The minimum Gasteiger partial charge on any atom is -0.483 e. The highest BCUT2D eigenvalue weighted by atomic mass is 16.5. The number of rotatable bonds is 5. The zero-order chi connectivity index (χ0) is 10.4. The number of Topliss-reactive ketones (excluding diaryl/α,β-unsaturated/α-hetero) is 1. The standard InChI is InChI=1S/C11H15NO2/c1-9(13)11(7-8-12)14-10-5-3-2-4-6-10/h2-6,11H,7-8,12H2,1H3. The third-order valence-electron chi connectivity index (χ3n) is 1.90. The highest BCUT2D eigenvalue weighted by molar-refractivity contribution is 5.80. The molecule has 0 saturated heterocycles. The van der Waals surface area contributed by atoms with Crippen LogP contribution in [0.5, 0.6) is 5.75 Å². The van der Waals surface area contributed by atoms with Crippen molar-refractivity contribution in [1.82, 2.24) is 0 Å². The molecular formula is C11H15NO2. The Morgan fingerprint density at radius 3 is 2.57 bits per heavy atom. The van der Waals surface area contributed by atoms with Crippen molar-refractivity contribution in [3.05, 3.63) is 30.3 Å². The second-order valence-electron chi connectivity index (χ2n) is 3.11. The highest BCUT2D eigenvalue weighted by Gasteiger charge is 2.14. The summed E-state index contributed by atoms with van der Waals surface area (Å²) in [5.41, 5.74) is 5.39. The van der Waals surface area contributed by atoms with Crippen LogP contribution in [0, 0.1) is 0 Å². The van der Waals surface area contributed by atoms with Gasteiger partial charge in [0.05, 0.1) is 0 Å². The van der Waals surface area contributed by atoms with Gasteiger partial charge in [0.1, 0.15) is 5.75 Å². The molecule has 0 aromatic heterocycles. The molecule has 3 heteroatoms. The molecular weight excluding hydrogens is 178 g/mol. The predicted molar refractivity (Wildman–Crippen MR) is 55.2 cm³/mol. The summed E-state index contributed by atoms with van der Waals surface area (Å²) in [6.07, 6.45) is 0.145. The van der Waals surface area contributed by atoms with Crippen molar-refractivity contribution in [2.75, 3.05) is 6.54 Å². The third kappa shape index (κ3) is 3.18. The first-order valence-corrected chi connectivity index (χ1v) is 4.66. The van der Waals surface area contributed by atoms with Crippen LogP contribution in [-0.2, 0) is 4.79 Å². The SMILES string of the molecule is CC(=O)C(CCN)Oc1ccccc1. The van der Waals surface area contributed by atoms with Gasteiger partial charge in [0.2, 0.25) is 0 Å². The summed E-state index contributed by atoms with van der Waals surface area (Å²) in [4.78, 5) is 11.2. The van der Waals surface area contributed by atoms with Crippen molar-refractivity contribution in [3.63, 3.8) is 0 Å². The molecule has 0 saturated carbocycles. The fraction of sp³-hybridized carbons (Fsp3) is 0.364. The van der Waals surface area contributed by atoms with Gasteiger partial charge in [-0.3, -0.25) is 4.79 Å². The Hall–Kier alpha value is -1.35. The number of para-hydroxylation sites is 1. The van der Waals surface area contributed by atoms with E-state index in [0.29, 0.717) is 18.7 Å². The van der Waals surface area contributed by atoms with Crippen LogP contribution in [0.4, 0.5) is 0 Å². The predicted octanol–water partition coefficient (Wildman–Crippen LogP) is 1.37. The summed E-state index contributed by atoms with van der Waals surface area (Å²) < 4.78 is 5.49. The van der Waals surface area contributed by atoms with Gasteiger partial charge in [-0.2, -0.15) is 0 Å². The topological polar surface area (TPSA) is 52.3 Å². The first kappa shape index (κ1) is 10.7. The van der Waals surface area contributed by atoms with Crippen LogP contribution in [0.3, 0.4) is 0 Å². The van der Waals surface area contributed by atoms with Crippen LogP contribution in [-0.4, -0.2) is 18.4 Å². The Kier molecular flexibility index (Phi) is 4.13. The van der Waals surface area contributed by atoms with Crippen LogP contribution in [0.2, 0.25) is 0 Å². The summed E-state index contributed by atoms with van der Waals surface area (Å²) in [7, 11) is 0. The van der Waals surface area contributed by atoms with E-state index in [2.05, 4.69) is 0 Å². The van der Waals surface area contributed by atoms with Crippen LogP contribution in [0.15, 0.2) is 30.3 Å². The van der Waals surface area contributed by atoms with Crippen molar-refractivity contribution in [2.24, 2.45) is 5.73 Å². The maximum atomic E-state index is 11.2. The molecule has 14 heavy (non-hydrogen) atoms. The number of ether oxygens (including phenoxy) is 1. The van der Waals surface area contributed by atoms with E-state index >= 15 is 0 Å². The van der Waals surface area contributed by atoms with Crippen molar-refractivity contribution in [2.45, 2.75) is 19.4 Å². The Bertz CT molecular complexity index is 285. The van der Waals surface area contributed by atoms with Crippen LogP contribution < -0.4 is 10.5 Å². The van der Waals surface area contributed by atoms with Gasteiger partial charge in [0.25, 0.3) is 0 Å². The molecule has 76 valence electrons. The summed E-state index contributed by atoms with van der Waals surface area (Å²) in [6, 6.07) is 9.29. The van der Waals surface area contributed by atoms with Gasteiger partial charge in [-0.25, -0.2) is 0 Å². The third-order valence-corrected chi connectivity index (χ3v) is 1.90. The van der Waals surface area contributed by atoms with E-state index in [1.807, 2.05) is 30.3 Å².